The van der Waals surface area contributed by atoms with Crippen molar-refractivity contribution in [2.75, 3.05) is 0 Å². The molecule has 0 spiro atoms. The number of hydrogen-bond donors (Lipinski definition) is 0. The van der Waals surface area contributed by atoms with Gasteiger partial charge in [-0.25, -0.2) is 9.57 Å². The first-order valence-corrected chi connectivity index (χ1v) is 7.54. The molecule has 20 heavy (non-hydrogen) atoms. The number of benzene rings is 1. The van der Waals surface area contributed by atoms with E-state index in [-0.39, 0.29) is 6.04 Å². The molecule has 5 heteroatoms. The average molecular weight is 307 g/mol. The highest BCUT2D eigenvalue weighted by Crippen LogP contribution is 2.38. The van der Waals surface area contributed by atoms with Crippen molar-refractivity contribution in [1.29, 1.82) is 0 Å². The Kier molecular flexibility index (Phi) is 2.60. The molecule has 3 atom stereocenters. The van der Waals surface area contributed by atoms with Crippen LogP contribution in [0.2, 0.25) is 5.02 Å². The van der Waals surface area contributed by atoms with E-state index in [1.807, 2.05) is 12.1 Å². The molecule has 0 radical (unpaired) electrons. The van der Waals surface area contributed by atoms with E-state index in [1.54, 1.807) is 0 Å². The third kappa shape index (κ3) is 1.69. The lowest BCUT2D eigenvalue weighted by Gasteiger charge is -2.10. The molecule has 3 heterocycles. The zero-order valence-corrected chi connectivity index (χ0v) is 12.8. The number of nitrogens with zero attached hydrogens (tertiary/aromatic N) is 3. The number of aliphatic imine (C=N–C) groups is 2. The van der Waals surface area contributed by atoms with Crippen molar-refractivity contribution in [3.8, 4) is 0 Å². The Bertz CT molecular complexity index is 718. The van der Waals surface area contributed by atoms with Crippen molar-refractivity contribution in [3.05, 3.63) is 28.8 Å². The molecule has 0 saturated carbocycles. The van der Waals surface area contributed by atoms with Crippen LogP contribution >= 0.6 is 23.2 Å². The van der Waals surface area contributed by atoms with Gasteiger partial charge in [-0.3, -0.25) is 4.99 Å². The molecular formula is C15H14Cl2N3+. The molecule has 1 fully saturated rings. The highest BCUT2D eigenvalue weighted by Gasteiger charge is 2.63. The molecule has 3 unspecified atom stereocenters. The summed E-state index contributed by atoms with van der Waals surface area (Å²) in [7, 11) is 0. The minimum absolute atomic E-state index is 0.181. The molecule has 1 aromatic carbocycles. The normalized spacial score (nSPS) is 30.7. The Hall–Kier alpha value is -1.19. The summed E-state index contributed by atoms with van der Waals surface area (Å²) >= 11 is 12.5. The number of hydrogen-bond acceptors (Lipinski definition) is 2. The molecule has 3 aliphatic rings. The van der Waals surface area contributed by atoms with E-state index >= 15 is 0 Å². The Morgan fingerprint density at radius 1 is 1.30 bits per heavy atom. The average Bonchev–Trinajstić information content (AvgIpc) is 3.09. The van der Waals surface area contributed by atoms with E-state index in [0.717, 1.165) is 17.8 Å². The Balaban J connectivity index is 1.91. The van der Waals surface area contributed by atoms with Crippen molar-refractivity contribution < 1.29 is 4.58 Å². The summed E-state index contributed by atoms with van der Waals surface area (Å²) in [4.78, 5) is 9.27. The lowest BCUT2D eigenvalue weighted by molar-refractivity contribution is -0.375. The third-order valence-corrected chi connectivity index (χ3v) is 4.98. The highest BCUT2D eigenvalue weighted by atomic mass is 35.5. The second-order valence-corrected chi connectivity index (χ2v) is 6.43. The molecule has 0 amide bonds. The van der Waals surface area contributed by atoms with Crippen LogP contribution in [0.1, 0.15) is 19.4 Å². The molecule has 3 nitrogen and oxygen atoms in total. The molecule has 0 aliphatic carbocycles. The van der Waals surface area contributed by atoms with Crippen LogP contribution in [-0.2, 0) is 6.42 Å². The smallest absolute Gasteiger partial charge is 0.259 e. The van der Waals surface area contributed by atoms with Crippen molar-refractivity contribution >= 4 is 45.5 Å². The van der Waals surface area contributed by atoms with Gasteiger partial charge in [0.25, 0.3) is 6.04 Å². The van der Waals surface area contributed by atoms with Crippen LogP contribution in [0.25, 0.3) is 0 Å². The zero-order chi connectivity index (χ0) is 14.0. The molecule has 4 rings (SSSR count). The Morgan fingerprint density at radius 2 is 2.10 bits per heavy atom. The van der Waals surface area contributed by atoms with Crippen molar-refractivity contribution in [2.24, 2.45) is 9.98 Å². The lowest BCUT2D eigenvalue weighted by atomic mass is 10.0. The van der Waals surface area contributed by atoms with Gasteiger partial charge in [0.1, 0.15) is 11.8 Å². The number of halogens is 2. The van der Waals surface area contributed by atoms with Gasteiger partial charge in [0.05, 0.1) is 5.69 Å². The van der Waals surface area contributed by atoms with Crippen molar-refractivity contribution in [3.63, 3.8) is 0 Å². The van der Waals surface area contributed by atoms with E-state index in [2.05, 4.69) is 29.5 Å². The fourth-order valence-electron chi connectivity index (χ4n) is 3.26. The van der Waals surface area contributed by atoms with E-state index in [1.165, 1.54) is 11.3 Å². The van der Waals surface area contributed by atoms with Gasteiger partial charge in [-0.2, -0.15) is 0 Å². The minimum Gasteiger partial charge on any atom is -0.266 e. The first kappa shape index (κ1) is 12.5. The van der Waals surface area contributed by atoms with Gasteiger partial charge in [-0.05, 0) is 24.6 Å². The SMILES string of the molecule is CC1=[N+]2C3Cc4ccc(Cl)cc4N=C(Cl)C(=NC1C)C32. The van der Waals surface area contributed by atoms with Gasteiger partial charge >= 0.3 is 0 Å². The monoisotopic (exact) mass is 306 g/mol. The maximum atomic E-state index is 6.41. The van der Waals surface area contributed by atoms with Crippen LogP contribution in [0.5, 0.6) is 0 Å². The summed E-state index contributed by atoms with van der Waals surface area (Å²) in [5.41, 5.74) is 4.32. The largest absolute Gasteiger partial charge is 0.266 e. The van der Waals surface area contributed by atoms with Crippen LogP contribution < -0.4 is 0 Å². The molecule has 0 bridgehead atoms. The fourth-order valence-corrected chi connectivity index (χ4v) is 3.67. The molecule has 1 aromatic rings. The summed E-state index contributed by atoms with van der Waals surface area (Å²) in [5.74, 6) is 0. The summed E-state index contributed by atoms with van der Waals surface area (Å²) in [5, 5.41) is 1.19. The molecular weight excluding hydrogens is 293 g/mol. The predicted molar refractivity (Wildman–Crippen MR) is 83.5 cm³/mol. The van der Waals surface area contributed by atoms with Crippen LogP contribution in [0.4, 0.5) is 5.69 Å². The van der Waals surface area contributed by atoms with Crippen molar-refractivity contribution in [2.45, 2.75) is 38.4 Å². The molecule has 0 aromatic heterocycles. The van der Waals surface area contributed by atoms with Gasteiger partial charge in [-0.1, -0.05) is 29.3 Å². The second-order valence-electron chi connectivity index (χ2n) is 5.63. The van der Waals surface area contributed by atoms with Crippen LogP contribution in [0.15, 0.2) is 28.2 Å². The summed E-state index contributed by atoms with van der Waals surface area (Å²) in [6.45, 7) is 4.26. The van der Waals surface area contributed by atoms with E-state index in [4.69, 9.17) is 28.2 Å². The van der Waals surface area contributed by atoms with Gasteiger partial charge in [0, 0.05) is 18.4 Å². The van der Waals surface area contributed by atoms with Crippen LogP contribution in [0.3, 0.4) is 0 Å². The quantitative estimate of drug-likeness (QED) is 0.520. The molecule has 1 saturated heterocycles. The first-order chi connectivity index (χ1) is 9.56. The first-order valence-electron chi connectivity index (χ1n) is 6.78. The zero-order valence-electron chi connectivity index (χ0n) is 11.3. The fraction of sp³-hybridized carbons (Fsp3) is 0.400. The maximum Gasteiger partial charge on any atom is 0.259 e. The summed E-state index contributed by atoms with van der Waals surface area (Å²) in [6.07, 6.45) is 0.966. The van der Waals surface area contributed by atoms with Crippen LogP contribution in [-0.4, -0.2) is 39.3 Å². The standard InChI is InChI=1S/C15H14Cl2N3/c1-7-8(2)20-12-5-9-3-4-10(16)6-11(9)19-15(17)13(18-7)14(12)20/h3-4,6-7,12,14H,5H2,1-2H3/q+1. The maximum absolute atomic E-state index is 6.41. The van der Waals surface area contributed by atoms with E-state index < -0.39 is 0 Å². The van der Waals surface area contributed by atoms with Crippen LogP contribution in [0, 0.1) is 0 Å². The minimum atomic E-state index is 0.181. The Morgan fingerprint density at radius 3 is 2.90 bits per heavy atom. The topological polar surface area (TPSA) is 27.7 Å². The lowest BCUT2D eigenvalue weighted by Crippen LogP contribution is -2.30. The predicted octanol–water partition coefficient (Wildman–Crippen LogP) is 3.23. The summed E-state index contributed by atoms with van der Waals surface area (Å²) in [6, 6.07) is 6.80. The number of fused-ring (bicyclic) bond motifs is 2. The van der Waals surface area contributed by atoms with Gasteiger partial charge < -0.3 is 0 Å². The highest BCUT2D eigenvalue weighted by molar-refractivity contribution is 6.84. The summed E-state index contributed by atoms with van der Waals surface area (Å²) < 4.78 is 2.43. The van der Waals surface area contributed by atoms with E-state index in [0.29, 0.717) is 22.3 Å². The van der Waals surface area contributed by atoms with Gasteiger partial charge in [0.2, 0.25) is 6.04 Å². The van der Waals surface area contributed by atoms with E-state index in [9.17, 15) is 0 Å². The third-order valence-electron chi connectivity index (χ3n) is 4.46. The van der Waals surface area contributed by atoms with Gasteiger partial charge in [-0.15, -0.1) is 0 Å². The molecule has 102 valence electrons. The molecule has 3 aliphatic heterocycles. The van der Waals surface area contributed by atoms with Crippen molar-refractivity contribution in [1.82, 2.24) is 0 Å². The van der Waals surface area contributed by atoms with Gasteiger partial charge in [0.15, 0.2) is 10.9 Å². The Labute approximate surface area is 127 Å². The molecule has 0 N–H and O–H groups in total. The number of rotatable bonds is 0. The second kappa shape index (κ2) is 4.15.